The molecular weight excluding hydrogens is 326 g/mol. The molecule has 1 amide bonds. The molecule has 26 heavy (non-hydrogen) atoms. The van der Waals surface area contributed by atoms with Gasteiger partial charge in [-0.05, 0) is 58.1 Å². The fourth-order valence-electron chi connectivity index (χ4n) is 3.39. The van der Waals surface area contributed by atoms with Gasteiger partial charge in [0.15, 0.2) is 5.82 Å². The van der Waals surface area contributed by atoms with Crippen LogP contribution < -0.4 is 10.2 Å². The van der Waals surface area contributed by atoms with Crippen molar-refractivity contribution in [2.75, 3.05) is 11.9 Å². The Hall–Kier alpha value is -2.50. The van der Waals surface area contributed by atoms with Crippen LogP contribution in [-0.4, -0.2) is 39.5 Å². The van der Waals surface area contributed by atoms with Crippen molar-refractivity contribution in [2.24, 2.45) is 0 Å². The van der Waals surface area contributed by atoms with Gasteiger partial charge in [0.2, 0.25) is 5.91 Å². The van der Waals surface area contributed by atoms with Crippen LogP contribution in [0.1, 0.15) is 44.4 Å². The number of amides is 1. The minimum atomic E-state index is -0.288. The van der Waals surface area contributed by atoms with E-state index < -0.39 is 0 Å². The minimum absolute atomic E-state index is 0.0150. The number of aryl methyl sites for hydroxylation is 1. The standard InChI is InChI=1S/C20H25N5O/c1-13(19(26)24-20(2)10-11-20)25(3)18-14-7-6-9-15(14)22-17(23-18)16-8-4-5-12-21-16/h4-5,8,12-13H,6-7,9-11H2,1-3H3,(H,24,26). The summed E-state index contributed by atoms with van der Waals surface area (Å²) in [7, 11) is 1.95. The molecule has 0 bridgehead atoms. The van der Waals surface area contributed by atoms with Gasteiger partial charge in [0.25, 0.3) is 0 Å². The Labute approximate surface area is 154 Å². The molecule has 0 saturated heterocycles. The molecule has 6 heteroatoms. The van der Waals surface area contributed by atoms with E-state index in [4.69, 9.17) is 9.97 Å². The van der Waals surface area contributed by atoms with Gasteiger partial charge in [-0.3, -0.25) is 9.78 Å². The maximum Gasteiger partial charge on any atom is 0.242 e. The molecule has 0 radical (unpaired) electrons. The van der Waals surface area contributed by atoms with Crippen molar-refractivity contribution in [3.8, 4) is 11.5 Å². The lowest BCUT2D eigenvalue weighted by atomic mass is 10.1. The highest BCUT2D eigenvalue weighted by Gasteiger charge is 2.40. The normalized spacial score (nSPS) is 18.1. The molecule has 2 aliphatic carbocycles. The first-order chi connectivity index (χ1) is 12.5. The summed E-state index contributed by atoms with van der Waals surface area (Å²) < 4.78 is 0. The number of carbonyl (C=O) groups is 1. The van der Waals surface area contributed by atoms with Crippen molar-refractivity contribution in [2.45, 2.75) is 57.5 Å². The number of likely N-dealkylation sites (N-methyl/N-ethyl adjacent to an activating group) is 1. The lowest BCUT2D eigenvalue weighted by molar-refractivity contribution is -0.122. The van der Waals surface area contributed by atoms with Crippen LogP contribution in [0.25, 0.3) is 11.5 Å². The molecule has 1 unspecified atom stereocenters. The summed E-state index contributed by atoms with van der Waals surface area (Å²) >= 11 is 0. The molecule has 2 heterocycles. The monoisotopic (exact) mass is 351 g/mol. The van der Waals surface area contributed by atoms with E-state index in [1.54, 1.807) is 6.20 Å². The Morgan fingerprint density at radius 1 is 1.27 bits per heavy atom. The van der Waals surface area contributed by atoms with Crippen LogP contribution in [0.3, 0.4) is 0 Å². The Balaban J connectivity index is 1.66. The fraction of sp³-hybridized carbons (Fsp3) is 0.500. The highest BCUT2D eigenvalue weighted by atomic mass is 16.2. The van der Waals surface area contributed by atoms with Gasteiger partial charge in [-0.2, -0.15) is 0 Å². The van der Waals surface area contributed by atoms with Crippen LogP contribution in [0.2, 0.25) is 0 Å². The number of aromatic nitrogens is 3. The second kappa shape index (κ2) is 6.34. The van der Waals surface area contributed by atoms with Gasteiger partial charge in [-0.15, -0.1) is 0 Å². The van der Waals surface area contributed by atoms with E-state index in [1.165, 1.54) is 5.56 Å². The SMILES string of the molecule is CC(C(=O)NC1(C)CC1)N(C)c1nc(-c2ccccn2)nc2c1CCC2. The lowest BCUT2D eigenvalue weighted by Gasteiger charge is -2.28. The van der Waals surface area contributed by atoms with E-state index in [2.05, 4.69) is 17.2 Å². The predicted octanol–water partition coefficient (Wildman–Crippen LogP) is 2.52. The first-order valence-electron chi connectivity index (χ1n) is 9.33. The second-order valence-corrected chi connectivity index (χ2v) is 7.70. The first-order valence-corrected chi connectivity index (χ1v) is 9.33. The summed E-state index contributed by atoms with van der Waals surface area (Å²) in [5.41, 5.74) is 3.01. The molecular formula is C20H25N5O. The summed E-state index contributed by atoms with van der Waals surface area (Å²) in [6.07, 6.45) is 6.86. The van der Waals surface area contributed by atoms with Crippen LogP contribution in [0.15, 0.2) is 24.4 Å². The summed E-state index contributed by atoms with van der Waals surface area (Å²) in [6.45, 7) is 4.03. The maximum atomic E-state index is 12.7. The van der Waals surface area contributed by atoms with Gasteiger partial charge >= 0.3 is 0 Å². The number of carbonyl (C=O) groups excluding carboxylic acids is 1. The molecule has 0 spiro atoms. The van der Waals surface area contributed by atoms with Gasteiger partial charge in [-0.25, -0.2) is 9.97 Å². The molecule has 1 saturated carbocycles. The number of pyridine rings is 1. The molecule has 0 aliphatic heterocycles. The van der Waals surface area contributed by atoms with E-state index in [0.717, 1.165) is 49.3 Å². The van der Waals surface area contributed by atoms with E-state index >= 15 is 0 Å². The maximum absolute atomic E-state index is 12.7. The Morgan fingerprint density at radius 3 is 2.77 bits per heavy atom. The number of nitrogens with one attached hydrogen (secondary N) is 1. The molecule has 136 valence electrons. The van der Waals surface area contributed by atoms with Crippen molar-refractivity contribution in [1.82, 2.24) is 20.3 Å². The number of hydrogen-bond acceptors (Lipinski definition) is 5. The van der Waals surface area contributed by atoms with E-state index in [9.17, 15) is 4.79 Å². The number of rotatable bonds is 5. The number of fused-ring (bicyclic) bond motifs is 1. The number of anilines is 1. The topological polar surface area (TPSA) is 71.0 Å². The van der Waals surface area contributed by atoms with Crippen LogP contribution in [0.5, 0.6) is 0 Å². The van der Waals surface area contributed by atoms with E-state index in [-0.39, 0.29) is 17.5 Å². The third-order valence-electron chi connectivity index (χ3n) is 5.52. The van der Waals surface area contributed by atoms with Crippen molar-refractivity contribution >= 4 is 11.7 Å². The predicted molar refractivity (Wildman–Crippen MR) is 101 cm³/mol. The fourth-order valence-corrected chi connectivity index (χ4v) is 3.39. The summed E-state index contributed by atoms with van der Waals surface area (Å²) in [5.74, 6) is 1.55. The zero-order valence-corrected chi connectivity index (χ0v) is 15.6. The van der Waals surface area contributed by atoms with Crippen LogP contribution >= 0.6 is 0 Å². The van der Waals surface area contributed by atoms with Crippen LogP contribution in [0.4, 0.5) is 5.82 Å². The zero-order chi connectivity index (χ0) is 18.3. The van der Waals surface area contributed by atoms with Gasteiger partial charge in [0.1, 0.15) is 17.6 Å². The average Bonchev–Trinajstić information content (AvgIpc) is 3.19. The molecule has 0 aromatic carbocycles. The van der Waals surface area contributed by atoms with Crippen molar-refractivity contribution in [3.63, 3.8) is 0 Å². The van der Waals surface area contributed by atoms with Crippen molar-refractivity contribution in [3.05, 3.63) is 35.7 Å². The Morgan fingerprint density at radius 2 is 2.08 bits per heavy atom. The Bertz CT molecular complexity index is 832. The van der Waals surface area contributed by atoms with Gasteiger partial charge in [-0.1, -0.05) is 6.07 Å². The highest BCUT2D eigenvalue weighted by Crippen LogP contribution is 2.35. The number of hydrogen-bond donors (Lipinski definition) is 1. The number of nitrogens with zero attached hydrogens (tertiary/aromatic N) is 4. The van der Waals surface area contributed by atoms with Gasteiger partial charge in [0.05, 0.1) is 0 Å². The van der Waals surface area contributed by atoms with E-state index in [0.29, 0.717) is 5.82 Å². The zero-order valence-electron chi connectivity index (χ0n) is 15.6. The highest BCUT2D eigenvalue weighted by molar-refractivity contribution is 5.85. The lowest BCUT2D eigenvalue weighted by Crippen LogP contribution is -2.47. The molecule has 1 N–H and O–H groups in total. The Kier molecular flexibility index (Phi) is 4.13. The quantitative estimate of drug-likeness (QED) is 0.896. The molecule has 1 atom stereocenters. The largest absolute Gasteiger partial charge is 0.349 e. The third kappa shape index (κ3) is 3.16. The summed E-state index contributed by atoms with van der Waals surface area (Å²) in [6, 6.07) is 5.46. The summed E-state index contributed by atoms with van der Waals surface area (Å²) in [4.78, 5) is 28.6. The average molecular weight is 351 g/mol. The molecule has 4 rings (SSSR count). The second-order valence-electron chi connectivity index (χ2n) is 7.70. The summed E-state index contributed by atoms with van der Waals surface area (Å²) in [5, 5.41) is 3.16. The van der Waals surface area contributed by atoms with Crippen LogP contribution in [-0.2, 0) is 17.6 Å². The van der Waals surface area contributed by atoms with Crippen molar-refractivity contribution in [1.29, 1.82) is 0 Å². The minimum Gasteiger partial charge on any atom is -0.349 e. The molecule has 2 aliphatic rings. The molecule has 6 nitrogen and oxygen atoms in total. The van der Waals surface area contributed by atoms with Crippen molar-refractivity contribution < 1.29 is 4.79 Å². The van der Waals surface area contributed by atoms with E-state index in [1.807, 2.05) is 37.1 Å². The van der Waals surface area contributed by atoms with Gasteiger partial charge in [0, 0.05) is 30.0 Å². The van der Waals surface area contributed by atoms with Gasteiger partial charge < -0.3 is 10.2 Å². The smallest absolute Gasteiger partial charge is 0.242 e. The molecule has 2 aromatic heterocycles. The molecule has 1 fully saturated rings. The first kappa shape index (κ1) is 16.9. The van der Waals surface area contributed by atoms with Crippen LogP contribution in [0, 0.1) is 0 Å². The third-order valence-corrected chi connectivity index (χ3v) is 5.52. The molecule has 2 aromatic rings.